The lowest BCUT2D eigenvalue weighted by Crippen LogP contribution is -2.47. The van der Waals surface area contributed by atoms with Gasteiger partial charge in [-0.05, 0) is 54.9 Å². The van der Waals surface area contributed by atoms with E-state index in [0.29, 0.717) is 17.7 Å². The lowest BCUT2D eigenvalue weighted by molar-refractivity contribution is -0.130. The first kappa shape index (κ1) is 34.3. The minimum atomic E-state index is -1.25. The number of carbonyl (C=O) groups is 2. The van der Waals surface area contributed by atoms with Crippen LogP contribution in [-0.4, -0.2) is 50.3 Å². The zero-order chi connectivity index (χ0) is 33.4. The number of aromatic nitrogens is 1. The third-order valence-electron chi connectivity index (χ3n) is 8.38. The van der Waals surface area contributed by atoms with Crippen LogP contribution in [0.15, 0.2) is 91.0 Å². The maximum Gasteiger partial charge on any atom is 0.243 e. The van der Waals surface area contributed by atoms with Crippen LogP contribution in [0.25, 0.3) is 0 Å². The van der Waals surface area contributed by atoms with E-state index in [-0.39, 0.29) is 36.5 Å². The van der Waals surface area contributed by atoms with Gasteiger partial charge < -0.3 is 31.1 Å². The highest BCUT2D eigenvalue weighted by molar-refractivity contribution is 5.84. The highest BCUT2D eigenvalue weighted by Gasteiger charge is 2.37. The van der Waals surface area contributed by atoms with Crippen molar-refractivity contribution < 1.29 is 29.6 Å². The fourth-order valence-electron chi connectivity index (χ4n) is 6.05. The SMILES string of the molecule is Cc1cccc(C)c1OCC(=O)C(C(N)c1ccccc1)[C@H](O)C[C@H](Cc1ccccc1)NC(=O)[C@H](C(C)C)n1c(O)ccc1O. The van der Waals surface area contributed by atoms with E-state index in [2.05, 4.69) is 5.32 Å². The number of benzene rings is 3. The molecule has 1 heterocycles. The smallest absolute Gasteiger partial charge is 0.243 e. The van der Waals surface area contributed by atoms with E-state index in [1.54, 1.807) is 0 Å². The lowest BCUT2D eigenvalue weighted by Gasteiger charge is -2.32. The number of aliphatic hydroxyl groups excluding tert-OH is 1. The van der Waals surface area contributed by atoms with Gasteiger partial charge in [0.25, 0.3) is 0 Å². The number of ether oxygens (including phenoxy) is 1. The normalized spacial score (nSPS) is 14.7. The summed E-state index contributed by atoms with van der Waals surface area (Å²) in [6.07, 6.45) is -0.877. The molecule has 46 heavy (non-hydrogen) atoms. The van der Waals surface area contributed by atoms with Gasteiger partial charge in [-0.1, -0.05) is 92.7 Å². The van der Waals surface area contributed by atoms with Crippen molar-refractivity contribution in [1.29, 1.82) is 0 Å². The van der Waals surface area contributed by atoms with Gasteiger partial charge in [-0.15, -0.1) is 0 Å². The Labute approximate surface area is 270 Å². The van der Waals surface area contributed by atoms with E-state index in [0.717, 1.165) is 16.7 Å². The maximum absolute atomic E-state index is 13.9. The van der Waals surface area contributed by atoms with Crippen LogP contribution in [-0.2, 0) is 16.0 Å². The summed E-state index contributed by atoms with van der Waals surface area (Å²) < 4.78 is 7.18. The van der Waals surface area contributed by atoms with Crippen molar-refractivity contribution in [2.24, 2.45) is 17.6 Å². The molecule has 0 aliphatic carbocycles. The summed E-state index contributed by atoms with van der Waals surface area (Å²) in [4.78, 5) is 27.7. The molecular weight excluding hydrogens is 582 g/mol. The van der Waals surface area contributed by atoms with Crippen LogP contribution in [0.3, 0.4) is 0 Å². The summed E-state index contributed by atoms with van der Waals surface area (Å²) in [6, 6.07) is 24.6. The van der Waals surface area contributed by atoms with Crippen molar-refractivity contribution in [3.8, 4) is 17.5 Å². The first-order valence-corrected chi connectivity index (χ1v) is 15.6. The van der Waals surface area contributed by atoms with E-state index in [4.69, 9.17) is 10.5 Å². The van der Waals surface area contributed by atoms with Gasteiger partial charge in [0.15, 0.2) is 17.5 Å². The van der Waals surface area contributed by atoms with Crippen molar-refractivity contribution >= 4 is 11.7 Å². The Morgan fingerprint density at radius 1 is 0.848 bits per heavy atom. The van der Waals surface area contributed by atoms with Gasteiger partial charge in [0.05, 0.1) is 12.0 Å². The molecule has 0 saturated carbocycles. The number of para-hydroxylation sites is 1. The number of aromatic hydroxyl groups is 2. The van der Waals surface area contributed by atoms with E-state index in [1.165, 1.54) is 16.7 Å². The number of aryl methyl sites for hydroxylation is 2. The Morgan fingerprint density at radius 3 is 1.98 bits per heavy atom. The highest BCUT2D eigenvalue weighted by Crippen LogP contribution is 2.32. The number of Topliss-reactive ketones (excluding diaryl/α,β-unsaturated/α-hetero) is 1. The average molecular weight is 628 g/mol. The minimum Gasteiger partial charge on any atom is -0.494 e. The number of amides is 1. The summed E-state index contributed by atoms with van der Waals surface area (Å²) in [5.74, 6) is -2.02. The largest absolute Gasteiger partial charge is 0.494 e. The second kappa shape index (κ2) is 15.6. The zero-order valence-electron chi connectivity index (χ0n) is 26.8. The highest BCUT2D eigenvalue weighted by atomic mass is 16.5. The molecule has 1 amide bonds. The molecule has 9 heteroatoms. The standard InChI is InChI=1S/C37H45N3O6/c1-23(2)35(40-31(43)18-19-32(40)44)37(45)39-28(20-26-14-7-5-8-15-26)21-29(41)33(34(38)27-16-9-6-10-17-27)30(42)22-46-36-24(3)12-11-13-25(36)4/h5-19,23,28-29,33-35,41,43-44H,20-22,38H2,1-4H3,(H,39,45)/t28-,29+,33?,34?,35-/m0/s1. The fraction of sp³-hybridized carbons (Fsp3) is 0.351. The molecule has 2 unspecified atom stereocenters. The summed E-state index contributed by atoms with van der Waals surface area (Å²) in [6.45, 7) is 7.15. The van der Waals surface area contributed by atoms with Gasteiger partial charge in [0, 0.05) is 24.2 Å². The molecule has 0 aliphatic rings. The van der Waals surface area contributed by atoms with Gasteiger partial charge in [0.1, 0.15) is 18.4 Å². The molecule has 6 N–H and O–H groups in total. The molecule has 5 atom stereocenters. The van der Waals surface area contributed by atoms with Crippen molar-refractivity contribution in [2.45, 2.75) is 64.8 Å². The number of nitrogens with zero attached hydrogens (tertiary/aromatic N) is 1. The molecule has 0 bridgehead atoms. The molecule has 4 rings (SSSR count). The summed E-state index contributed by atoms with van der Waals surface area (Å²) >= 11 is 0. The molecule has 0 radical (unpaired) electrons. The number of carbonyl (C=O) groups excluding carboxylic acids is 2. The average Bonchev–Trinajstić information content (AvgIpc) is 3.34. The Bertz CT molecular complexity index is 1550. The zero-order valence-corrected chi connectivity index (χ0v) is 26.8. The molecule has 3 aromatic carbocycles. The summed E-state index contributed by atoms with van der Waals surface area (Å²) in [7, 11) is 0. The van der Waals surface area contributed by atoms with Crippen molar-refractivity contribution in [3.63, 3.8) is 0 Å². The van der Waals surface area contributed by atoms with Crippen LogP contribution in [0.2, 0.25) is 0 Å². The molecule has 0 aliphatic heterocycles. The van der Waals surface area contributed by atoms with Crippen LogP contribution in [0.4, 0.5) is 0 Å². The third-order valence-corrected chi connectivity index (χ3v) is 8.38. The molecular formula is C37H45N3O6. The summed E-state index contributed by atoms with van der Waals surface area (Å²) in [5.41, 5.74) is 10.1. The van der Waals surface area contributed by atoms with E-state index >= 15 is 0 Å². The van der Waals surface area contributed by atoms with Crippen LogP contribution in [0, 0.1) is 25.7 Å². The monoisotopic (exact) mass is 627 g/mol. The lowest BCUT2D eigenvalue weighted by atomic mass is 9.82. The number of ketones is 1. The van der Waals surface area contributed by atoms with Crippen molar-refractivity contribution in [2.75, 3.05) is 6.61 Å². The fourth-order valence-corrected chi connectivity index (χ4v) is 6.05. The van der Waals surface area contributed by atoms with E-state index < -0.39 is 36.1 Å². The maximum atomic E-state index is 13.9. The van der Waals surface area contributed by atoms with Crippen molar-refractivity contribution in [3.05, 3.63) is 113 Å². The van der Waals surface area contributed by atoms with Crippen molar-refractivity contribution in [1.82, 2.24) is 9.88 Å². The van der Waals surface area contributed by atoms with E-state index in [9.17, 15) is 24.9 Å². The van der Waals surface area contributed by atoms with Gasteiger partial charge in [-0.2, -0.15) is 0 Å². The van der Waals surface area contributed by atoms with E-state index in [1.807, 2.05) is 107 Å². The number of nitrogens with one attached hydrogen (secondary N) is 1. The number of nitrogens with two attached hydrogens (primary N) is 1. The second-order valence-corrected chi connectivity index (χ2v) is 12.2. The minimum absolute atomic E-state index is 0.00935. The number of rotatable bonds is 15. The first-order valence-electron chi connectivity index (χ1n) is 15.6. The molecule has 0 fully saturated rings. The van der Waals surface area contributed by atoms with Gasteiger partial charge >= 0.3 is 0 Å². The molecule has 1 aromatic heterocycles. The first-order chi connectivity index (χ1) is 22.0. The Kier molecular flexibility index (Phi) is 11.6. The van der Waals surface area contributed by atoms with Crippen LogP contribution in [0.5, 0.6) is 17.5 Å². The summed E-state index contributed by atoms with van der Waals surface area (Å²) in [5, 5.41) is 35.7. The predicted octanol–water partition coefficient (Wildman–Crippen LogP) is 5.16. The molecule has 244 valence electrons. The van der Waals surface area contributed by atoms with Crippen LogP contribution < -0.4 is 15.8 Å². The number of aliphatic hydroxyl groups is 1. The predicted molar refractivity (Wildman–Crippen MR) is 178 cm³/mol. The number of hydrogen-bond acceptors (Lipinski definition) is 7. The Balaban J connectivity index is 1.63. The molecule has 9 nitrogen and oxygen atoms in total. The Morgan fingerprint density at radius 2 is 1.41 bits per heavy atom. The van der Waals surface area contributed by atoms with Gasteiger partial charge in [0.2, 0.25) is 5.91 Å². The molecule has 4 aromatic rings. The van der Waals surface area contributed by atoms with Crippen LogP contribution >= 0.6 is 0 Å². The number of hydrogen-bond donors (Lipinski definition) is 5. The topological polar surface area (TPSA) is 147 Å². The quantitative estimate of drug-likeness (QED) is 0.122. The molecule has 0 saturated heterocycles. The third kappa shape index (κ3) is 8.35. The van der Waals surface area contributed by atoms with Gasteiger partial charge in [-0.25, -0.2) is 0 Å². The van der Waals surface area contributed by atoms with Crippen LogP contribution in [0.1, 0.15) is 54.6 Å². The Hall–Kier alpha value is -4.60. The molecule has 0 spiro atoms. The van der Waals surface area contributed by atoms with Gasteiger partial charge in [-0.3, -0.25) is 14.2 Å². The second-order valence-electron chi connectivity index (χ2n) is 12.2.